The van der Waals surface area contributed by atoms with E-state index in [9.17, 15) is 0 Å². The highest BCUT2D eigenvalue weighted by atomic mass is 15.3. The van der Waals surface area contributed by atoms with Gasteiger partial charge in [-0.25, -0.2) is 15.0 Å². The van der Waals surface area contributed by atoms with Gasteiger partial charge in [0.05, 0.1) is 18.4 Å². The lowest BCUT2D eigenvalue weighted by atomic mass is 10.3. The first kappa shape index (κ1) is 14.9. The van der Waals surface area contributed by atoms with Crippen LogP contribution >= 0.6 is 0 Å². The highest BCUT2D eigenvalue weighted by Crippen LogP contribution is 2.16. The van der Waals surface area contributed by atoms with Crippen molar-refractivity contribution in [3.63, 3.8) is 0 Å². The molecule has 0 saturated carbocycles. The molecule has 0 N–H and O–H groups in total. The Balaban J connectivity index is 1.50. The molecule has 4 rings (SSSR count). The van der Waals surface area contributed by atoms with Crippen LogP contribution in [0.4, 0.5) is 5.95 Å². The van der Waals surface area contributed by atoms with E-state index in [0.717, 1.165) is 50.8 Å². The predicted molar refractivity (Wildman–Crippen MR) is 90.9 cm³/mol. The third kappa shape index (κ3) is 2.89. The van der Waals surface area contributed by atoms with Gasteiger partial charge < -0.3 is 9.47 Å². The van der Waals surface area contributed by atoms with Crippen LogP contribution in [0.2, 0.25) is 0 Å². The van der Waals surface area contributed by atoms with Gasteiger partial charge in [0, 0.05) is 50.8 Å². The van der Waals surface area contributed by atoms with Crippen LogP contribution in [0.3, 0.4) is 0 Å². The van der Waals surface area contributed by atoms with E-state index in [2.05, 4.69) is 36.4 Å². The summed E-state index contributed by atoms with van der Waals surface area (Å²) in [5, 5.41) is 4.29. The Kier molecular flexibility index (Phi) is 3.98. The quantitative estimate of drug-likeness (QED) is 0.729. The number of hydrogen-bond donors (Lipinski definition) is 0. The van der Waals surface area contributed by atoms with Crippen molar-refractivity contribution in [2.45, 2.75) is 32.9 Å². The lowest BCUT2D eigenvalue weighted by Crippen LogP contribution is -2.28. The molecule has 1 aliphatic rings. The van der Waals surface area contributed by atoms with Crippen molar-refractivity contribution >= 4 is 5.95 Å². The minimum Gasteiger partial charge on any atom is -0.339 e. The van der Waals surface area contributed by atoms with Crippen molar-refractivity contribution in [2.75, 3.05) is 18.0 Å². The van der Waals surface area contributed by atoms with Gasteiger partial charge in [0.2, 0.25) is 5.95 Å². The summed E-state index contributed by atoms with van der Waals surface area (Å²) < 4.78 is 4.24. The summed E-state index contributed by atoms with van der Waals surface area (Å²) in [7, 11) is 0. The molecule has 24 heavy (non-hydrogen) atoms. The average Bonchev–Trinajstić information content (AvgIpc) is 3.21. The Bertz CT molecular complexity index is 789. The number of aromatic nitrogens is 6. The van der Waals surface area contributed by atoms with Gasteiger partial charge in [-0.15, -0.1) is 0 Å². The van der Waals surface area contributed by atoms with Crippen molar-refractivity contribution in [1.29, 1.82) is 0 Å². The number of imidazole rings is 1. The second-order valence-electron chi connectivity index (χ2n) is 6.00. The van der Waals surface area contributed by atoms with Crippen LogP contribution in [-0.2, 0) is 25.9 Å². The Morgan fingerprint density at radius 1 is 1.04 bits per heavy atom. The Hall–Kier alpha value is -2.70. The Morgan fingerprint density at radius 2 is 1.92 bits per heavy atom. The van der Waals surface area contributed by atoms with Crippen molar-refractivity contribution in [3.05, 3.63) is 54.1 Å². The van der Waals surface area contributed by atoms with Crippen molar-refractivity contribution in [3.8, 4) is 0 Å². The largest absolute Gasteiger partial charge is 0.339 e. The maximum absolute atomic E-state index is 4.61. The smallest absolute Gasteiger partial charge is 0.225 e. The fourth-order valence-corrected chi connectivity index (χ4v) is 3.07. The fourth-order valence-electron chi connectivity index (χ4n) is 3.07. The molecule has 3 aromatic heterocycles. The van der Waals surface area contributed by atoms with E-state index >= 15 is 0 Å². The van der Waals surface area contributed by atoms with E-state index in [1.807, 2.05) is 35.5 Å². The number of nitrogens with zero attached hydrogens (tertiary/aromatic N) is 7. The van der Waals surface area contributed by atoms with Crippen molar-refractivity contribution in [1.82, 2.24) is 29.3 Å². The van der Waals surface area contributed by atoms with E-state index in [-0.39, 0.29) is 0 Å². The van der Waals surface area contributed by atoms with Gasteiger partial charge in [0.25, 0.3) is 0 Å². The summed E-state index contributed by atoms with van der Waals surface area (Å²) in [4.78, 5) is 15.9. The highest BCUT2D eigenvalue weighted by molar-refractivity contribution is 5.31. The molecular weight excluding hydrogens is 302 g/mol. The minimum absolute atomic E-state index is 0.752. The molecule has 124 valence electrons. The normalized spacial score (nSPS) is 14.5. The number of anilines is 1. The average molecular weight is 323 g/mol. The number of fused-ring (bicyclic) bond motifs is 1. The molecule has 0 radical (unpaired) electrons. The SMILES string of the molecule is CCc1cnc(N2CCc3ncc(Cn4cccn4)n3CC2)nc1. The molecule has 0 fully saturated rings. The van der Waals surface area contributed by atoms with Crippen molar-refractivity contribution < 1.29 is 0 Å². The number of aryl methyl sites for hydroxylation is 1. The molecule has 4 heterocycles. The molecule has 0 aromatic carbocycles. The molecule has 0 spiro atoms. The zero-order valence-corrected chi connectivity index (χ0v) is 13.8. The lowest BCUT2D eigenvalue weighted by Gasteiger charge is -2.20. The van der Waals surface area contributed by atoms with Gasteiger partial charge in [-0.3, -0.25) is 4.68 Å². The summed E-state index contributed by atoms with van der Waals surface area (Å²) in [6.45, 7) is 5.54. The summed E-state index contributed by atoms with van der Waals surface area (Å²) in [5.41, 5.74) is 2.36. The molecule has 1 aliphatic heterocycles. The first-order valence-corrected chi connectivity index (χ1v) is 8.40. The van der Waals surface area contributed by atoms with E-state index in [4.69, 9.17) is 0 Å². The Labute approximate surface area is 141 Å². The van der Waals surface area contributed by atoms with Crippen LogP contribution in [0, 0.1) is 0 Å². The zero-order valence-electron chi connectivity index (χ0n) is 13.8. The predicted octanol–water partition coefficient (Wildman–Crippen LogP) is 1.54. The van der Waals surface area contributed by atoms with E-state index in [1.54, 1.807) is 6.20 Å². The first-order valence-electron chi connectivity index (χ1n) is 8.40. The van der Waals surface area contributed by atoms with Crippen LogP contribution < -0.4 is 4.90 Å². The highest BCUT2D eigenvalue weighted by Gasteiger charge is 2.19. The maximum atomic E-state index is 4.61. The summed E-state index contributed by atoms with van der Waals surface area (Å²) in [6.07, 6.45) is 11.5. The van der Waals surface area contributed by atoms with Gasteiger partial charge in [-0.2, -0.15) is 5.10 Å². The van der Waals surface area contributed by atoms with Gasteiger partial charge in [-0.05, 0) is 18.1 Å². The zero-order chi connectivity index (χ0) is 16.4. The summed E-state index contributed by atoms with van der Waals surface area (Å²) in [6, 6.07) is 1.94. The molecule has 0 amide bonds. The first-order chi connectivity index (χ1) is 11.8. The van der Waals surface area contributed by atoms with Crippen molar-refractivity contribution in [2.24, 2.45) is 0 Å². The van der Waals surface area contributed by atoms with E-state index in [0.29, 0.717) is 0 Å². The molecule has 0 bridgehead atoms. The van der Waals surface area contributed by atoms with Crippen LogP contribution in [0.1, 0.15) is 24.0 Å². The van der Waals surface area contributed by atoms with Crippen LogP contribution in [0.5, 0.6) is 0 Å². The molecule has 7 heteroatoms. The monoisotopic (exact) mass is 323 g/mol. The molecular formula is C17H21N7. The summed E-state index contributed by atoms with van der Waals surface area (Å²) >= 11 is 0. The maximum Gasteiger partial charge on any atom is 0.225 e. The molecule has 7 nitrogen and oxygen atoms in total. The van der Waals surface area contributed by atoms with Crippen LogP contribution in [-0.4, -0.2) is 42.4 Å². The third-order valence-electron chi connectivity index (χ3n) is 4.49. The standard InChI is InChI=1S/C17H21N7/c1-2-14-10-19-17(20-11-14)22-7-4-16-18-12-15(24(16)9-8-22)13-23-6-3-5-21-23/h3,5-6,10-12H,2,4,7-9,13H2,1H3. The number of rotatable bonds is 4. The molecule has 3 aromatic rings. The topological polar surface area (TPSA) is 64.7 Å². The molecule has 0 aliphatic carbocycles. The number of hydrogen-bond acceptors (Lipinski definition) is 5. The van der Waals surface area contributed by atoms with Gasteiger partial charge in [-0.1, -0.05) is 6.92 Å². The van der Waals surface area contributed by atoms with Crippen LogP contribution in [0.15, 0.2) is 37.1 Å². The molecule has 0 saturated heterocycles. The molecule has 0 unspecified atom stereocenters. The van der Waals surface area contributed by atoms with Gasteiger partial charge in [0.1, 0.15) is 5.82 Å². The van der Waals surface area contributed by atoms with Crippen LogP contribution in [0.25, 0.3) is 0 Å². The van der Waals surface area contributed by atoms with E-state index in [1.165, 1.54) is 11.3 Å². The minimum atomic E-state index is 0.752. The summed E-state index contributed by atoms with van der Waals surface area (Å²) in [5.74, 6) is 1.94. The fraction of sp³-hybridized carbons (Fsp3) is 0.412. The third-order valence-corrected chi connectivity index (χ3v) is 4.49. The second-order valence-corrected chi connectivity index (χ2v) is 6.00. The Morgan fingerprint density at radius 3 is 2.67 bits per heavy atom. The van der Waals surface area contributed by atoms with Gasteiger partial charge >= 0.3 is 0 Å². The molecule has 0 atom stereocenters. The lowest BCUT2D eigenvalue weighted by molar-refractivity contribution is 0.600. The van der Waals surface area contributed by atoms with E-state index < -0.39 is 0 Å². The second kappa shape index (κ2) is 6.43. The van der Waals surface area contributed by atoms with Gasteiger partial charge in [0.15, 0.2) is 0 Å².